The summed E-state index contributed by atoms with van der Waals surface area (Å²) in [6.45, 7) is 0. The number of hydrogen-bond donors (Lipinski definition) is 0. The van der Waals surface area contributed by atoms with Crippen molar-refractivity contribution in [3.63, 3.8) is 0 Å². The third kappa shape index (κ3) is 1.50. The fourth-order valence-electron chi connectivity index (χ4n) is 3.45. The van der Waals surface area contributed by atoms with Gasteiger partial charge in [-0.25, -0.2) is 0 Å². The molecule has 0 aromatic rings. The highest BCUT2D eigenvalue weighted by Gasteiger charge is 2.96. The Morgan fingerprint density at radius 3 is 1.67 bits per heavy atom. The molecule has 3 aliphatic carbocycles. The van der Waals surface area contributed by atoms with Crippen LogP contribution in [0.25, 0.3) is 0 Å². The van der Waals surface area contributed by atoms with Gasteiger partial charge >= 0.3 is 0 Å². The summed E-state index contributed by atoms with van der Waals surface area (Å²) in [6, 6.07) is 0. The Hall–Kier alpha value is 2.93. The van der Waals surface area contributed by atoms with Crippen molar-refractivity contribution in [2.24, 2.45) is 0 Å². The van der Waals surface area contributed by atoms with Crippen LogP contribution in [0.1, 0.15) is 6.42 Å². The summed E-state index contributed by atoms with van der Waals surface area (Å²) in [5, 5.41) is -1.21. The molecule has 21 heavy (non-hydrogen) atoms. The van der Waals surface area contributed by atoms with Crippen LogP contribution in [-0.2, 0) is 0 Å². The van der Waals surface area contributed by atoms with Crippen molar-refractivity contribution in [2.75, 3.05) is 0 Å². The van der Waals surface area contributed by atoms with E-state index in [2.05, 4.69) is 0 Å². The van der Waals surface area contributed by atoms with E-state index in [1.165, 1.54) is 0 Å². The van der Waals surface area contributed by atoms with Gasteiger partial charge in [0.05, 0.1) is 15.4 Å². The number of fused-ring (bicyclic) bond motifs is 5. The molecule has 0 saturated heterocycles. The van der Waals surface area contributed by atoms with Crippen molar-refractivity contribution in [1.29, 1.82) is 0 Å². The molecule has 11 heteroatoms. The Kier molecular flexibility index (Phi) is 4.10. The minimum Gasteiger partial charge on any atom is -0.118 e. The van der Waals surface area contributed by atoms with Gasteiger partial charge in [0.1, 0.15) is 19.5 Å². The average molecular weight is 513 g/mol. The number of alkyl halides is 9. The maximum absolute atomic E-state index is 6.73. The van der Waals surface area contributed by atoms with E-state index in [-0.39, 0.29) is 16.5 Å². The number of rotatable bonds is 0. The number of allylic oxidation sites excluding steroid dienone is 2. The molecule has 3 rings (SSSR count). The molecule has 5 atom stereocenters. The summed E-state index contributed by atoms with van der Waals surface area (Å²) < 4.78 is -3.99. The minimum atomic E-state index is -2.05. The molecule has 0 aromatic heterocycles. The molecule has 2 saturated carbocycles. The second kappa shape index (κ2) is 4.61. The lowest BCUT2D eigenvalue weighted by Gasteiger charge is -2.49. The van der Waals surface area contributed by atoms with E-state index < -0.39 is 33.5 Å². The largest absolute Gasteiger partial charge is 0.175 e. The summed E-state index contributed by atoms with van der Waals surface area (Å²) >= 11 is 70.7. The van der Waals surface area contributed by atoms with E-state index in [0.29, 0.717) is 0 Å². The van der Waals surface area contributed by atoms with Gasteiger partial charge in [0.2, 0.25) is 0 Å². The molecule has 0 spiro atoms. The predicted molar refractivity (Wildman–Crippen MR) is 96.2 cm³/mol. The third-order valence-electron chi connectivity index (χ3n) is 4.52. The monoisotopic (exact) mass is 508 g/mol. The van der Waals surface area contributed by atoms with Gasteiger partial charge in [-0.2, -0.15) is 0 Å². The lowest BCUT2D eigenvalue weighted by atomic mass is 9.82. The van der Waals surface area contributed by atoms with E-state index in [1.54, 1.807) is 0 Å². The lowest BCUT2D eigenvalue weighted by molar-refractivity contribution is 0.440. The summed E-state index contributed by atoms with van der Waals surface area (Å²) in [6.07, 6.45) is -0.0119. The minimum absolute atomic E-state index is 0.00711. The molecule has 120 valence electrons. The van der Waals surface area contributed by atoms with Crippen LogP contribution < -0.4 is 0 Å². The molecule has 2 bridgehead atoms. The number of hydrogen-bond acceptors (Lipinski definition) is 0. The first-order chi connectivity index (χ1) is 9.18. The van der Waals surface area contributed by atoms with E-state index in [1.807, 2.05) is 0 Å². The molecule has 0 aliphatic heterocycles. The van der Waals surface area contributed by atoms with Gasteiger partial charge in [-0.3, -0.25) is 0 Å². The molecule has 0 N–H and O–H groups in total. The third-order valence-corrected chi connectivity index (χ3v) is 12.8. The Balaban J connectivity index is 2.45. The Labute approximate surface area is 176 Å². The Morgan fingerprint density at radius 1 is 0.762 bits per heavy atom. The van der Waals surface area contributed by atoms with Crippen LogP contribution in [0, 0.1) is 0 Å². The second-order valence-corrected chi connectivity index (χ2v) is 11.7. The van der Waals surface area contributed by atoms with Crippen molar-refractivity contribution in [1.82, 2.24) is 0 Å². The predicted octanol–water partition coefficient (Wildman–Crippen LogP) is 6.97. The molecule has 0 heterocycles. The van der Waals surface area contributed by atoms with Crippen molar-refractivity contribution < 1.29 is 0 Å². The summed E-state index contributed by atoms with van der Waals surface area (Å²) in [5.74, 6) is 0. The molecule has 0 amide bonds. The molecule has 0 radical (unpaired) electrons. The summed E-state index contributed by atoms with van der Waals surface area (Å²) in [7, 11) is 0. The highest BCUT2D eigenvalue weighted by molar-refractivity contribution is 6.73. The zero-order chi connectivity index (χ0) is 16.4. The quantitative estimate of drug-likeness (QED) is 0.307. The van der Waals surface area contributed by atoms with Crippen LogP contribution in [-0.4, -0.2) is 33.5 Å². The highest BCUT2D eigenvalue weighted by atomic mass is 35.5. The molecule has 0 aromatic carbocycles. The fourth-order valence-corrected chi connectivity index (χ4v) is 9.49. The van der Waals surface area contributed by atoms with E-state index >= 15 is 0 Å². The zero-order valence-electron chi connectivity index (χ0n) is 9.44. The van der Waals surface area contributed by atoms with Gasteiger partial charge in [0.15, 0.2) is 8.67 Å². The molecule has 3 aliphatic rings. The van der Waals surface area contributed by atoms with Crippen molar-refractivity contribution in [3.05, 3.63) is 10.1 Å². The van der Waals surface area contributed by atoms with Crippen LogP contribution in [0.4, 0.5) is 0 Å². The van der Waals surface area contributed by atoms with Crippen LogP contribution in [0.3, 0.4) is 0 Å². The highest BCUT2D eigenvalue weighted by Crippen LogP contribution is 2.85. The first-order valence-corrected chi connectivity index (χ1v) is 9.61. The van der Waals surface area contributed by atoms with E-state index in [0.717, 1.165) is 0 Å². The lowest BCUT2D eigenvalue weighted by Crippen LogP contribution is -2.65. The van der Waals surface area contributed by atoms with Crippen molar-refractivity contribution in [3.8, 4) is 0 Å². The number of halogens is 11. The van der Waals surface area contributed by atoms with Gasteiger partial charge < -0.3 is 0 Å². The van der Waals surface area contributed by atoms with Gasteiger partial charge in [0.25, 0.3) is 0 Å². The van der Waals surface area contributed by atoms with Gasteiger partial charge in [0, 0.05) is 0 Å². The SMILES string of the molecule is ClC1=C(Cl)[C@@]2(Cl)C[C@@]1(Cl)[C@@]1(Cl)[C@H](Cl)C(Cl)(Cl)C(Cl)(Cl)[C@@]12Cl. The summed E-state index contributed by atoms with van der Waals surface area (Å²) in [5.41, 5.74) is 0. The summed E-state index contributed by atoms with van der Waals surface area (Å²) in [4.78, 5) is -6.64. The van der Waals surface area contributed by atoms with Crippen molar-refractivity contribution in [2.45, 2.75) is 40.0 Å². The zero-order valence-corrected chi connectivity index (χ0v) is 17.8. The first-order valence-electron chi connectivity index (χ1n) is 5.39. The maximum atomic E-state index is 6.73. The molecular weight excluding hydrogens is 510 g/mol. The van der Waals surface area contributed by atoms with Gasteiger partial charge in [-0.05, 0) is 6.42 Å². The molecule has 0 nitrogen and oxygen atoms in total. The van der Waals surface area contributed by atoms with Crippen LogP contribution in [0.2, 0.25) is 0 Å². The normalized spacial score (nSPS) is 57.0. The van der Waals surface area contributed by atoms with Crippen molar-refractivity contribution >= 4 is 128 Å². The van der Waals surface area contributed by atoms with Crippen LogP contribution in [0.5, 0.6) is 0 Å². The fraction of sp³-hybridized carbons (Fsp3) is 0.800. The topological polar surface area (TPSA) is 0 Å². The smallest absolute Gasteiger partial charge is 0.118 e. The van der Waals surface area contributed by atoms with E-state index in [9.17, 15) is 0 Å². The van der Waals surface area contributed by atoms with E-state index in [4.69, 9.17) is 128 Å². The molecule has 2 fully saturated rings. The molecular formula is C10H3Cl11. The van der Waals surface area contributed by atoms with Crippen LogP contribution in [0.15, 0.2) is 10.1 Å². The van der Waals surface area contributed by atoms with Gasteiger partial charge in [-0.15, -0.1) is 58.0 Å². The Morgan fingerprint density at radius 2 is 1.19 bits per heavy atom. The second-order valence-electron chi connectivity index (χ2n) is 5.34. The average Bonchev–Trinajstić information content (AvgIpc) is 2.69. The first kappa shape index (κ1) is 18.7. The maximum Gasteiger partial charge on any atom is 0.175 e. The standard InChI is InChI=1S/C10H3Cl11/c11-2-3(12)6(15)1-5(2,14)7(16)4(13)8(17,18)10(20,21)9(6,7)19/h4H,1H2/t4-,5-,6-,7-,9-/m0/s1. The van der Waals surface area contributed by atoms with Crippen LogP contribution >= 0.6 is 128 Å². The molecule has 0 unspecified atom stereocenters. The van der Waals surface area contributed by atoms with Gasteiger partial charge in [-0.1, -0.05) is 69.6 Å². The Bertz CT molecular complexity index is 584.